The van der Waals surface area contributed by atoms with Crippen LogP contribution in [0.4, 0.5) is 0 Å². The van der Waals surface area contributed by atoms with Gasteiger partial charge in [0.2, 0.25) is 5.88 Å². The number of rotatable bonds is 5. The number of nitrogens with zero attached hydrogens (tertiary/aromatic N) is 2. The van der Waals surface area contributed by atoms with Gasteiger partial charge >= 0.3 is 5.69 Å². The van der Waals surface area contributed by atoms with Crippen LogP contribution in [0.3, 0.4) is 0 Å². The maximum Gasteiger partial charge on any atom is 0.331 e. The van der Waals surface area contributed by atoms with Crippen LogP contribution < -0.4 is 16.0 Å². The Morgan fingerprint density at radius 2 is 1.85 bits per heavy atom. The van der Waals surface area contributed by atoms with Crippen LogP contribution in [0.25, 0.3) is 0 Å². The lowest BCUT2D eigenvalue weighted by molar-refractivity contribution is 0.410. The largest absolute Gasteiger partial charge is 0.440 e. The zero-order chi connectivity index (χ0) is 19.6. The lowest BCUT2D eigenvalue weighted by Gasteiger charge is -2.18. The molecule has 0 bridgehead atoms. The van der Waals surface area contributed by atoms with Crippen molar-refractivity contribution >= 4 is 0 Å². The van der Waals surface area contributed by atoms with Crippen molar-refractivity contribution < 1.29 is 4.74 Å². The smallest absolute Gasteiger partial charge is 0.331 e. The molecular formula is C21H23N3O3. The van der Waals surface area contributed by atoms with E-state index in [1.54, 1.807) is 18.5 Å². The Kier molecular flexibility index (Phi) is 5.26. The molecule has 3 rings (SSSR count). The van der Waals surface area contributed by atoms with E-state index < -0.39 is 11.2 Å². The Morgan fingerprint density at radius 1 is 1.15 bits per heavy atom. The van der Waals surface area contributed by atoms with Crippen molar-refractivity contribution in [1.29, 1.82) is 0 Å². The number of nitrogens with one attached hydrogen (secondary N) is 1. The van der Waals surface area contributed by atoms with E-state index in [1.807, 2.05) is 52.0 Å². The number of H-pyrrole nitrogens is 1. The molecule has 0 aliphatic rings. The van der Waals surface area contributed by atoms with Crippen LogP contribution in [0.5, 0.6) is 11.6 Å². The summed E-state index contributed by atoms with van der Waals surface area (Å²) in [6.07, 6.45) is 3.36. The van der Waals surface area contributed by atoms with Gasteiger partial charge in [0.25, 0.3) is 5.56 Å². The van der Waals surface area contributed by atoms with Crippen molar-refractivity contribution in [2.24, 2.45) is 0 Å². The molecule has 1 aromatic carbocycles. The van der Waals surface area contributed by atoms with E-state index in [4.69, 9.17) is 4.74 Å². The number of pyridine rings is 1. The molecule has 0 saturated heterocycles. The van der Waals surface area contributed by atoms with Gasteiger partial charge in [-0.2, -0.15) is 0 Å². The summed E-state index contributed by atoms with van der Waals surface area (Å²) in [5.74, 6) is 0.752. The topological polar surface area (TPSA) is 77.0 Å². The molecule has 2 aromatic heterocycles. The molecule has 0 amide bonds. The van der Waals surface area contributed by atoms with Crippen LogP contribution in [0.15, 0.2) is 52.3 Å². The monoisotopic (exact) mass is 365 g/mol. The molecule has 0 saturated carbocycles. The molecule has 0 atom stereocenters. The van der Waals surface area contributed by atoms with Gasteiger partial charge in [-0.1, -0.05) is 26.0 Å². The van der Waals surface area contributed by atoms with Crippen LogP contribution in [-0.2, 0) is 6.54 Å². The molecule has 0 fully saturated rings. The zero-order valence-corrected chi connectivity index (χ0v) is 15.9. The molecule has 6 heteroatoms. The van der Waals surface area contributed by atoms with E-state index in [-0.39, 0.29) is 18.3 Å². The fraction of sp³-hybridized carbons (Fsp3) is 0.286. The highest BCUT2D eigenvalue weighted by molar-refractivity contribution is 5.38. The van der Waals surface area contributed by atoms with Crippen LogP contribution in [0.1, 0.15) is 42.0 Å². The number of aromatic amines is 1. The standard InChI is InChI=1S/C21H23N3O3/c1-13(2)18-19(25)23-21(26)24(12-16-6-5-7-22-11-16)20(18)27-17-9-14(3)8-15(4)10-17/h5-11,13H,12H2,1-4H3,(H,23,25,26). The van der Waals surface area contributed by atoms with Gasteiger partial charge < -0.3 is 4.74 Å². The average molecular weight is 365 g/mol. The predicted octanol–water partition coefficient (Wildman–Crippen LogP) is 3.51. The van der Waals surface area contributed by atoms with Gasteiger partial charge in [-0.25, -0.2) is 4.79 Å². The van der Waals surface area contributed by atoms with Gasteiger partial charge in [0.1, 0.15) is 5.75 Å². The van der Waals surface area contributed by atoms with Crippen molar-refractivity contribution in [2.75, 3.05) is 0 Å². The Balaban J connectivity index is 2.18. The summed E-state index contributed by atoms with van der Waals surface area (Å²) < 4.78 is 7.57. The second-order valence-corrected chi connectivity index (χ2v) is 7.01. The van der Waals surface area contributed by atoms with Gasteiger partial charge in [0.15, 0.2) is 0 Å². The number of ether oxygens (including phenoxy) is 1. The van der Waals surface area contributed by atoms with Gasteiger partial charge in [-0.3, -0.25) is 19.3 Å². The first kappa shape index (κ1) is 18.6. The summed E-state index contributed by atoms with van der Waals surface area (Å²) in [5, 5.41) is 0. The quantitative estimate of drug-likeness (QED) is 0.751. The first-order valence-electron chi connectivity index (χ1n) is 8.87. The van der Waals surface area contributed by atoms with E-state index in [2.05, 4.69) is 9.97 Å². The maximum absolute atomic E-state index is 12.6. The van der Waals surface area contributed by atoms with E-state index in [0.29, 0.717) is 11.3 Å². The average Bonchev–Trinajstić information content (AvgIpc) is 2.58. The Labute approximate surface area is 157 Å². The second kappa shape index (κ2) is 7.61. The molecule has 0 unspecified atom stereocenters. The van der Waals surface area contributed by atoms with Crippen molar-refractivity contribution in [2.45, 2.75) is 40.2 Å². The molecule has 140 valence electrons. The third-order valence-corrected chi connectivity index (χ3v) is 4.24. The van der Waals surface area contributed by atoms with Crippen molar-refractivity contribution in [3.05, 3.63) is 85.8 Å². The van der Waals surface area contributed by atoms with Crippen molar-refractivity contribution in [3.63, 3.8) is 0 Å². The summed E-state index contributed by atoms with van der Waals surface area (Å²) in [5.41, 5.74) is 2.44. The highest BCUT2D eigenvalue weighted by atomic mass is 16.5. The highest BCUT2D eigenvalue weighted by Crippen LogP contribution is 2.28. The van der Waals surface area contributed by atoms with E-state index in [0.717, 1.165) is 16.7 Å². The van der Waals surface area contributed by atoms with E-state index in [1.165, 1.54) is 4.57 Å². The van der Waals surface area contributed by atoms with E-state index >= 15 is 0 Å². The molecular weight excluding hydrogens is 342 g/mol. The predicted molar refractivity (Wildman–Crippen MR) is 105 cm³/mol. The van der Waals surface area contributed by atoms with Crippen molar-refractivity contribution in [3.8, 4) is 11.6 Å². The number of benzene rings is 1. The van der Waals surface area contributed by atoms with E-state index in [9.17, 15) is 9.59 Å². The minimum atomic E-state index is -0.507. The summed E-state index contributed by atoms with van der Waals surface area (Å²) in [6, 6.07) is 9.49. The number of aromatic nitrogens is 3. The summed E-state index contributed by atoms with van der Waals surface area (Å²) >= 11 is 0. The SMILES string of the molecule is Cc1cc(C)cc(Oc2c(C(C)C)c(=O)[nH]c(=O)n2Cc2cccnc2)c1. The molecule has 0 radical (unpaired) electrons. The minimum absolute atomic E-state index is 0.115. The van der Waals surface area contributed by atoms with Crippen LogP contribution in [0.2, 0.25) is 0 Å². The van der Waals surface area contributed by atoms with Crippen LogP contribution in [0, 0.1) is 13.8 Å². The van der Waals surface area contributed by atoms with Gasteiger partial charge in [-0.15, -0.1) is 0 Å². The van der Waals surface area contributed by atoms with Crippen LogP contribution >= 0.6 is 0 Å². The third-order valence-electron chi connectivity index (χ3n) is 4.24. The fourth-order valence-corrected chi connectivity index (χ4v) is 3.11. The molecule has 0 spiro atoms. The van der Waals surface area contributed by atoms with Crippen molar-refractivity contribution in [1.82, 2.24) is 14.5 Å². The van der Waals surface area contributed by atoms with Gasteiger partial charge in [0.05, 0.1) is 12.1 Å². The second-order valence-electron chi connectivity index (χ2n) is 7.01. The highest BCUT2D eigenvalue weighted by Gasteiger charge is 2.20. The molecule has 0 aliphatic heterocycles. The minimum Gasteiger partial charge on any atom is -0.440 e. The molecule has 27 heavy (non-hydrogen) atoms. The first-order valence-corrected chi connectivity index (χ1v) is 8.87. The number of hydrogen-bond acceptors (Lipinski definition) is 4. The van der Waals surface area contributed by atoms with Gasteiger partial charge in [-0.05, 0) is 54.7 Å². The number of hydrogen-bond donors (Lipinski definition) is 1. The summed E-state index contributed by atoms with van der Waals surface area (Å²) in [7, 11) is 0. The molecule has 0 aliphatic carbocycles. The normalized spacial score (nSPS) is 11.0. The summed E-state index contributed by atoms with van der Waals surface area (Å²) in [6.45, 7) is 8.01. The maximum atomic E-state index is 12.6. The van der Waals surface area contributed by atoms with Crippen LogP contribution in [-0.4, -0.2) is 14.5 Å². The molecule has 6 nitrogen and oxygen atoms in total. The summed E-state index contributed by atoms with van der Waals surface area (Å²) in [4.78, 5) is 31.5. The van der Waals surface area contributed by atoms with Gasteiger partial charge in [0, 0.05) is 12.4 Å². The number of aryl methyl sites for hydroxylation is 2. The molecule has 3 aromatic rings. The zero-order valence-electron chi connectivity index (χ0n) is 15.9. The Hall–Kier alpha value is -3.15. The Bertz CT molecular complexity index is 1050. The molecule has 1 N–H and O–H groups in total. The first-order chi connectivity index (χ1) is 12.8. The lowest BCUT2D eigenvalue weighted by atomic mass is 10.1. The lowest BCUT2D eigenvalue weighted by Crippen LogP contribution is -2.34. The third kappa shape index (κ3) is 4.16. The fourth-order valence-electron chi connectivity index (χ4n) is 3.11. The molecule has 2 heterocycles. The Morgan fingerprint density at radius 3 is 2.44 bits per heavy atom.